The number of carbonyl (C=O) groups is 1. The molecule has 1 rings (SSSR count). The van der Waals surface area contributed by atoms with E-state index in [1.54, 1.807) is 23.9 Å². The van der Waals surface area contributed by atoms with Gasteiger partial charge in [0, 0.05) is 12.6 Å². The van der Waals surface area contributed by atoms with Crippen molar-refractivity contribution in [2.45, 2.75) is 46.2 Å². The molecular weight excluding hydrogens is 244 g/mol. The minimum Gasteiger partial charge on any atom is -0.394 e. The van der Waals surface area contributed by atoms with Crippen molar-refractivity contribution in [3.63, 3.8) is 0 Å². The Labute approximate surface area is 114 Å². The Bertz CT molecular complexity index is 411. The fourth-order valence-corrected chi connectivity index (χ4v) is 1.59. The van der Waals surface area contributed by atoms with Crippen molar-refractivity contribution < 1.29 is 9.90 Å². The van der Waals surface area contributed by atoms with Crippen molar-refractivity contribution in [1.29, 1.82) is 0 Å². The van der Waals surface area contributed by atoms with Crippen LogP contribution in [-0.2, 0) is 6.54 Å². The number of nitrogens with zero attached hydrogens (tertiary/aromatic N) is 2. The summed E-state index contributed by atoms with van der Waals surface area (Å²) < 4.78 is 1.76. The fourth-order valence-electron chi connectivity index (χ4n) is 1.59. The van der Waals surface area contributed by atoms with Crippen molar-refractivity contribution in [3.8, 4) is 0 Å². The number of amides is 2. The monoisotopic (exact) mass is 268 g/mol. The summed E-state index contributed by atoms with van der Waals surface area (Å²) in [4.78, 5) is 11.9. The average Bonchev–Trinajstić information content (AvgIpc) is 2.75. The molecule has 2 amide bonds. The summed E-state index contributed by atoms with van der Waals surface area (Å²) in [5, 5.41) is 19.0. The number of aromatic nitrogens is 2. The molecule has 6 nitrogen and oxygen atoms in total. The van der Waals surface area contributed by atoms with Crippen molar-refractivity contribution in [3.05, 3.63) is 12.3 Å². The van der Waals surface area contributed by atoms with Crippen molar-refractivity contribution >= 4 is 11.8 Å². The van der Waals surface area contributed by atoms with Crippen molar-refractivity contribution in [1.82, 2.24) is 15.1 Å². The van der Waals surface area contributed by atoms with E-state index >= 15 is 0 Å². The van der Waals surface area contributed by atoms with Gasteiger partial charge in [-0.3, -0.25) is 5.32 Å². The Morgan fingerprint density at radius 2 is 2.26 bits per heavy atom. The van der Waals surface area contributed by atoms with E-state index in [0.29, 0.717) is 18.2 Å². The van der Waals surface area contributed by atoms with E-state index in [0.717, 1.165) is 6.54 Å². The number of carbonyl (C=O) groups excluding carboxylic acids is 1. The highest BCUT2D eigenvalue weighted by Gasteiger charge is 2.23. The number of nitrogens with one attached hydrogen (secondary N) is 2. The van der Waals surface area contributed by atoms with Gasteiger partial charge < -0.3 is 10.4 Å². The maximum Gasteiger partial charge on any atom is 0.320 e. The van der Waals surface area contributed by atoms with E-state index in [9.17, 15) is 9.90 Å². The lowest BCUT2D eigenvalue weighted by molar-refractivity contribution is 0.172. The third-order valence-corrected chi connectivity index (χ3v) is 3.04. The molecule has 0 spiro atoms. The molecule has 0 aliphatic carbocycles. The van der Waals surface area contributed by atoms with Crippen molar-refractivity contribution in [2.24, 2.45) is 5.92 Å². The zero-order valence-corrected chi connectivity index (χ0v) is 12.1. The van der Waals surface area contributed by atoms with Crippen LogP contribution in [0, 0.1) is 5.92 Å². The first kappa shape index (κ1) is 15.5. The number of aliphatic hydroxyl groups is 1. The van der Waals surface area contributed by atoms with Crippen LogP contribution < -0.4 is 10.6 Å². The number of anilines is 1. The van der Waals surface area contributed by atoms with Crippen LogP contribution in [0.1, 0.15) is 34.1 Å². The van der Waals surface area contributed by atoms with E-state index in [4.69, 9.17) is 0 Å². The number of hydrogen-bond donors (Lipinski definition) is 3. The smallest absolute Gasteiger partial charge is 0.320 e. The van der Waals surface area contributed by atoms with Gasteiger partial charge in [-0.1, -0.05) is 20.8 Å². The Morgan fingerprint density at radius 3 is 2.79 bits per heavy atom. The van der Waals surface area contributed by atoms with Crippen LogP contribution in [-0.4, -0.2) is 33.1 Å². The van der Waals surface area contributed by atoms with Gasteiger partial charge in [0.05, 0.1) is 18.3 Å². The standard InChI is InChI=1S/C13H24N4O2/c1-5-13(4,9-18)16-12(19)15-11-6-7-14-17(11)8-10(2)3/h6-7,10,18H,5,8-9H2,1-4H3,(H2,15,16,19). The van der Waals surface area contributed by atoms with Crippen LogP contribution in [0.2, 0.25) is 0 Å². The second kappa shape index (κ2) is 6.56. The van der Waals surface area contributed by atoms with Crippen LogP contribution >= 0.6 is 0 Å². The Kier molecular flexibility index (Phi) is 5.35. The quantitative estimate of drug-likeness (QED) is 0.736. The molecule has 0 saturated heterocycles. The maximum absolute atomic E-state index is 11.9. The summed E-state index contributed by atoms with van der Waals surface area (Å²) in [5.41, 5.74) is -0.604. The summed E-state index contributed by atoms with van der Waals surface area (Å²) in [5.74, 6) is 1.10. The first-order valence-corrected chi connectivity index (χ1v) is 6.62. The lowest BCUT2D eigenvalue weighted by Crippen LogP contribution is -2.50. The SMILES string of the molecule is CCC(C)(CO)NC(=O)Nc1ccnn1CC(C)C. The molecule has 0 aliphatic heterocycles. The Morgan fingerprint density at radius 1 is 1.58 bits per heavy atom. The molecule has 1 aromatic heterocycles. The summed E-state index contributed by atoms with van der Waals surface area (Å²) in [7, 11) is 0. The second-order valence-electron chi connectivity index (χ2n) is 5.44. The highest BCUT2D eigenvalue weighted by Crippen LogP contribution is 2.11. The van der Waals surface area contributed by atoms with E-state index in [2.05, 4.69) is 29.6 Å². The first-order chi connectivity index (χ1) is 8.90. The Hall–Kier alpha value is -1.56. The average molecular weight is 268 g/mol. The molecule has 1 heterocycles. The molecular formula is C13H24N4O2. The number of aliphatic hydroxyl groups excluding tert-OH is 1. The van der Waals surface area contributed by atoms with Gasteiger partial charge in [0.25, 0.3) is 0 Å². The van der Waals surface area contributed by atoms with Crippen LogP contribution in [0.5, 0.6) is 0 Å². The summed E-state index contributed by atoms with van der Waals surface area (Å²) >= 11 is 0. The van der Waals surface area contributed by atoms with Crippen LogP contribution in [0.15, 0.2) is 12.3 Å². The molecule has 6 heteroatoms. The summed E-state index contributed by atoms with van der Waals surface area (Å²) in [6.07, 6.45) is 2.31. The van der Waals surface area contributed by atoms with E-state index in [-0.39, 0.29) is 12.6 Å². The van der Waals surface area contributed by atoms with E-state index < -0.39 is 5.54 Å². The second-order valence-corrected chi connectivity index (χ2v) is 5.44. The third-order valence-electron chi connectivity index (χ3n) is 3.04. The predicted octanol–water partition coefficient (Wildman–Crippen LogP) is 1.82. The normalized spacial score (nSPS) is 14.2. The van der Waals surface area contributed by atoms with Gasteiger partial charge in [0.1, 0.15) is 5.82 Å². The van der Waals surface area contributed by atoms with Gasteiger partial charge in [-0.15, -0.1) is 0 Å². The third kappa shape index (κ3) is 4.55. The van der Waals surface area contributed by atoms with E-state index in [1.165, 1.54) is 0 Å². The fraction of sp³-hybridized carbons (Fsp3) is 0.692. The molecule has 108 valence electrons. The van der Waals surface area contributed by atoms with Crippen LogP contribution in [0.25, 0.3) is 0 Å². The largest absolute Gasteiger partial charge is 0.394 e. The molecule has 1 atom stereocenters. The van der Waals surface area contributed by atoms with Gasteiger partial charge >= 0.3 is 6.03 Å². The predicted molar refractivity (Wildman–Crippen MR) is 75.0 cm³/mol. The molecule has 0 aliphatic rings. The highest BCUT2D eigenvalue weighted by atomic mass is 16.3. The molecule has 1 aromatic rings. The molecule has 0 saturated carbocycles. The van der Waals surface area contributed by atoms with Gasteiger partial charge in [0.2, 0.25) is 0 Å². The van der Waals surface area contributed by atoms with Gasteiger partial charge in [-0.25, -0.2) is 9.48 Å². The molecule has 0 radical (unpaired) electrons. The first-order valence-electron chi connectivity index (χ1n) is 6.62. The molecule has 0 fully saturated rings. The molecule has 3 N–H and O–H groups in total. The molecule has 1 unspecified atom stereocenters. The zero-order valence-electron chi connectivity index (χ0n) is 12.1. The summed E-state index contributed by atoms with van der Waals surface area (Å²) in [6.45, 7) is 8.55. The van der Waals surface area contributed by atoms with Crippen LogP contribution in [0.4, 0.5) is 10.6 Å². The van der Waals surface area contributed by atoms with Gasteiger partial charge in [-0.05, 0) is 19.3 Å². The molecule has 19 heavy (non-hydrogen) atoms. The van der Waals surface area contributed by atoms with E-state index in [1.807, 2.05) is 6.92 Å². The van der Waals surface area contributed by atoms with Crippen molar-refractivity contribution in [2.75, 3.05) is 11.9 Å². The lowest BCUT2D eigenvalue weighted by Gasteiger charge is -2.27. The molecule has 0 bridgehead atoms. The number of rotatable bonds is 6. The van der Waals surface area contributed by atoms with Crippen LogP contribution in [0.3, 0.4) is 0 Å². The van der Waals surface area contributed by atoms with Gasteiger partial charge in [-0.2, -0.15) is 5.10 Å². The summed E-state index contributed by atoms with van der Waals surface area (Å²) in [6, 6.07) is 1.42. The lowest BCUT2D eigenvalue weighted by atomic mass is 10.0. The number of urea groups is 1. The minimum atomic E-state index is -0.604. The Balaban J connectivity index is 2.65. The highest BCUT2D eigenvalue weighted by molar-refractivity contribution is 5.88. The number of hydrogen-bond acceptors (Lipinski definition) is 3. The van der Waals surface area contributed by atoms with Gasteiger partial charge in [0.15, 0.2) is 0 Å². The topological polar surface area (TPSA) is 79.2 Å². The zero-order chi connectivity index (χ0) is 14.5. The minimum absolute atomic E-state index is 0.0951. The molecule has 0 aromatic carbocycles. The maximum atomic E-state index is 11.9.